The van der Waals surface area contributed by atoms with Crippen LogP contribution in [-0.4, -0.2) is 24.8 Å². The summed E-state index contributed by atoms with van der Waals surface area (Å²) in [6.07, 6.45) is -0.422. The summed E-state index contributed by atoms with van der Waals surface area (Å²) < 4.78 is 6.07. The molecule has 0 atom stereocenters. The number of hydrogen-bond acceptors (Lipinski definition) is 3. The third-order valence-electron chi connectivity index (χ3n) is 2.04. The van der Waals surface area contributed by atoms with Crippen molar-refractivity contribution in [3.05, 3.63) is 27.7 Å². The van der Waals surface area contributed by atoms with Gasteiger partial charge in [0.2, 0.25) is 0 Å². The van der Waals surface area contributed by atoms with Gasteiger partial charge >= 0.3 is 6.09 Å². The van der Waals surface area contributed by atoms with Crippen LogP contribution in [0.2, 0.25) is 5.02 Å². The van der Waals surface area contributed by atoms with E-state index < -0.39 is 11.7 Å². The number of benzene rings is 1. The number of halogens is 2. The van der Waals surface area contributed by atoms with Crippen LogP contribution in [0.3, 0.4) is 0 Å². The highest BCUT2D eigenvalue weighted by molar-refractivity contribution is 9.10. The molecule has 0 fully saturated rings. The van der Waals surface area contributed by atoms with Gasteiger partial charge in [0, 0.05) is 17.6 Å². The molecule has 0 aliphatic carbocycles. The van der Waals surface area contributed by atoms with Crippen molar-refractivity contribution in [1.29, 1.82) is 0 Å². The van der Waals surface area contributed by atoms with Crippen molar-refractivity contribution in [2.45, 2.75) is 26.4 Å². The number of amides is 1. The van der Waals surface area contributed by atoms with Crippen molar-refractivity contribution >= 4 is 39.3 Å². The van der Waals surface area contributed by atoms with E-state index in [0.29, 0.717) is 18.1 Å². The Bertz CT molecular complexity index is 447. The monoisotopic (exact) mass is 348 g/mol. The second-order valence-corrected chi connectivity index (χ2v) is 6.30. The number of hydrogen-bond donors (Lipinski definition) is 2. The first kappa shape index (κ1) is 16.1. The Labute approximate surface area is 127 Å². The normalized spacial score (nSPS) is 11.0. The average Bonchev–Trinajstić information content (AvgIpc) is 2.26. The first-order valence-corrected chi connectivity index (χ1v) is 7.11. The van der Waals surface area contributed by atoms with Gasteiger partial charge in [-0.15, -0.1) is 0 Å². The maximum absolute atomic E-state index is 11.4. The molecule has 0 unspecified atom stereocenters. The van der Waals surface area contributed by atoms with Crippen LogP contribution >= 0.6 is 27.5 Å². The molecule has 1 amide bonds. The molecule has 0 saturated heterocycles. The summed E-state index contributed by atoms with van der Waals surface area (Å²) in [7, 11) is 0. The SMILES string of the molecule is CC(C)(C)OC(=O)NCCNc1cc(Br)ccc1Cl. The lowest BCUT2D eigenvalue weighted by Crippen LogP contribution is -2.35. The summed E-state index contributed by atoms with van der Waals surface area (Å²) in [5.41, 5.74) is 0.340. The van der Waals surface area contributed by atoms with Crippen molar-refractivity contribution in [3.63, 3.8) is 0 Å². The molecule has 106 valence electrons. The number of anilines is 1. The summed E-state index contributed by atoms with van der Waals surface area (Å²) in [5.74, 6) is 0. The third-order valence-corrected chi connectivity index (χ3v) is 2.86. The van der Waals surface area contributed by atoms with Crippen LogP contribution in [0.1, 0.15) is 20.8 Å². The Morgan fingerprint density at radius 2 is 2.05 bits per heavy atom. The molecule has 0 bridgehead atoms. The first-order chi connectivity index (χ1) is 8.78. The second-order valence-electron chi connectivity index (χ2n) is 4.98. The Hall–Kier alpha value is -0.940. The van der Waals surface area contributed by atoms with Crippen LogP contribution < -0.4 is 10.6 Å². The molecule has 0 saturated carbocycles. The lowest BCUT2D eigenvalue weighted by atomic mass is 10.2. The molecular weight excluding hydrogens is 332 g/mol. The van der Waals surface area contributed by atoms with Crippen molar-refractivity contribution in [2.75, 3.05) is 18.4 Å². The standard InChI is InChI=1S/C13H18BrClN2O2/c1-13(2,3)19-12(18)17-7-6-16-11-8-9(14)4-5-10(11)15/h4-5,8,16H,6-7H2,1-3H3,(H,17,18). The second kappa shape index (κ2) is 7.01. The van der Waals surface area contributed by atoms with E-state index in [1.165, 1.54) is 0 Å². The predicted molar refractivity (Wildman–Crippen MR) is 81.9 cm³/mol. The number of rotatable bonds is 4. The van der Waals surface area contributed by atoms with Crippen LogP contribution in [0.5, 0.6) is 0 Å². The first-order valence-electron chi connectivity index (χ1n) is 5.94. The summed E-state index contributed by atoms with van der Waals surface area (Å²) in [4.78, 5) is 11.4. The quantitative estimate of drug-likeness (QED) is 0.807. The van der Waals surface area contributed by atoms with E-state index in [9.17, 15) is 4.79 Å². The van der Waals surface area contributed by atoms with Gasteiger partial charge in [0.15, 0.2) is 0 Å². The Morgan fingerprint density at radius 3 is 2.68 bits per heavy atom. The zero-order valence-corrected chi connectivity index (χ0v) is 13.6. The van der Waals surface area contributed by atoms with Crippen molar-refractivity contribution < 1.29 is 9.53 Å². The third kappa shape index (κ3) is 6.68. The van der Waals surface area contributed by atoms with Crippen LogP contribution in [0, 0.1) is 0 Å². The van der Waals surface area contributed by atoms with Gasteiger partial charge in [0.25, 0.3) is 0 Å². The topological polar surface area (TPSA) is 50.4 Å². The summed E-state index contributed by atoms with van der Waals surface area (Å²) in [6.45, 7) is 6.50. The van der Waals surface area contributed by atoms with E-state index in [1.54, 1.807) is 6.07 Å². The minimum Gasteiger partial charge on any atom is -0.444 e. The van der Waals surface area contributed by atoms with Crippen molar-refractivity contribution in [2.24, 2.45) is 0 Å². The summed E-state index contributed by atoms with van der Waals surface area (Å²) in [6, 6.07) is 5.55. The maximum atomic E-state index is 11.4. The zero-order chi connectivity index (χ0) is 14.5. The van der Waals surface area contributed by atoms with Crippen molar-refractivity contribution in [1.82, 2.24) is 5.32 Å². The molecule has 2 N–H and O–H groups in total. The maximum Gasteiger partial charge on any atom is 0.407 e. The Balaban J connectivity index is 2.31. The lowest BCUT2D eigenvalue weighted by Gasteiger charge is -2.19. The number of alkyl carbamates (subject to hydrolysis) is 1. The zero-order valence-electron chi connectivity index (χ0n) is 11.2. The Morgan fingerprint density at radius 1 is 1.37 bits per heavy atom. The van der Waals surface area contributed by atoms with E-state index in [-0.39, 0.29) is 0 Å². The molecule has 1 aromatic carbocycles. The molecule has 6 heteroatoms. The Kier molecular flexibility index (Phi) is 5.94. The van der Waals surface area contributed by atoms with E-state index >= 15 is 0 Å². The van der Waals surface area contributed by atoms with Gasteiger partial charge in [-0.05, 0) is 39.0 Å². The van der Waals surface area contributed by atoms with Crippen LogP contribution in [-0.2, 0) is 4.74 Å². The molecule has 1 rings (SSSR count). The van der Waals surface area contributed by atoms with Crippen LogP contribution in [0.25, 0.3) is 0 Å². The number of nitrogens with one attached hydrogen (secondary N) is 2. The molecule has 0 aliphatic heterocycles. The highest BCUT2D eigenvalue weighted by Crippen LogP contribution is 2.25. The highest BCUT2D eigenvalue weighted by Gasteiger charge is 2.15. The highest BCUT2D eigenvalue weighted by atomic mass is 79.9. The van der Waals surface area contributed by atoms with Gasteiger partial charge in [-0.1, -0.05) is 27.5 Å². The summed E-state index contributed by atoms with van der Waals surface area (Å²) >= 11 is 9.40. The number of carbonyl (C=O) groups is 1. The van der Waals surface area contributed by atoms with Gasteiger partial charge in [-0.3, -0.25) is 0 Å². The fraction of sp³-hybridized carbons (Fsp3) is 0.462. The van der Waals surface area contributed by atoms with E-state index in [2.05, 4.69) is 26.6 Å². The number of ether oxygens (including phenoxy) is 1. The molecule has 0 spiro atoms. The summed E-state index contributed by atoms with van der Waals surface area (Å²) in [5, 5.41) is 6.44. The molecule has 0 aromatic heterocycles. The van der Waals surface area contributed by atoms with Crippen LogP contribution in [0.15, 0.2) is 22.7 Å². The van der Waals surface area contributed by atoms with Crippen LogP contribution in [0.4, 0.5) is 10.5 Å². The molecule has 19 heavy (non-hydrogen) atoms. The fourth-order valence-electron chi connectivity index (χ4n) is 1.31. The molecule has 0 radical (unpaired) electrons. The molecule has 1 aromatic rings. The average molecular weight is 350 g/mol. The lowest BCUT2D eigenvalue weighted by molar-refractivity contribution is 0.0530. The minimum absolute atomic E-state index is 0.422. The fourth-order valence-corrected chi connectivity index (χ4v) is 1.85. The molecule has 0 heterocycles. The van der Waals surface area contributed by atoms with Crippen molar-refractivity contribution in [3.8, 4) is 0 Å². The van der Waals surface area contributed by atoms with E-state index in [1.807, 2.05) is 32.9 Å². The van der Waals surface area contributed by atoms with E-state index in [4.69, 9.17) is 16.3 Å². The molecular formula is C13H18BrClN2O2. The predicted octanol–water partition coefficient (Wildman–Crippen LogP) is 4.04. The van der Waals surface area contributed by atoms with Gasteiger partial charge < -0.3 is 15.4 Å². The minimum atomic E-state index is -0.481. The largest absolute Gasteiger partial charge is 0.444 e. The van der Waals surface area contributed by atoms with Gasteiger partial charge in [0.05, 0.1) is 10.7 Å². The van der Waals surface area contributed by atoms with E-state index in [0.717, 1.165) is 10.2 Å². The molecule has 0 aliphatic rings. The smallest absolute Gasteiger partial charge is 0.407 e. The van der Waals surface area contributed by atoms with Gasteiger partial charge in [0.1, 0.15) is 5.60 Å². The van der Waals surface area contributed by atoms with Gasteiger partial charge in [-0.2, -0.15) is 0 Å². The van der Waals surface area contributed by atoms with Gasteiger partial charge in [-0.25, -0.2) is 4.79 Å². The number of carbonyl (C=O) groups excluding carboxylic acids is 1. The molecule has 4 nitrogen and oxygen atoms in total.